The summed E-state index contributed by atoms with van der Waals surface area (Å²) in [5.41, 5.74) is 1.83. The van der Waals surface area contributed by atoms with E-state index in [2.05, 4.69) is 20.2 Å². The van der Waals surface area contributed by atoms with Gasteiger partial charge in [-0.25, -0.2) is 4.98 Å². The average molecular weight is 206 g/mol. The number of aromatic amines is 1. The van der Waals surface area contributed by atoms with Gasteiger partial charge in [-0.2, -0.15) is 0 Å². The molecule has 0 aliphatic carbocycles. The van der Waals surface area contributed by atoms with E-state index in [1.807, 2.05) is 0 Å². The molecule has 1 saturated heterocycles. The van der Waals surface area contributed by atoms with Gasteiger partial charge in [-0.05, 0) is 19.4 Å². The van der Waals surface area contributed by atoms with Gasteiger partial charge in [-0.15, -0.1) is 0 Å². The van der Waals surface area contributed by atoms with Crippen LogP contribution >= 0.6 is 0 Å². The summed E-state index contributed by atoms with van der Waals surface area (Å²) in [5, 5.41) is 3.24. The number of anilines is 1. The average Bonchev–Trinajstić information content (AvgIpc) is 2.15. The molecular formula is C10H14N4O. The molecule has 1 aromatic rings. The molecule has 3 rings (SSSR count). The van der Waals surface area contributed by atoms with Crippen LogP contribution < -0.4 is 15.8 Å². The highest BCUT2D eigenvalue weighted by Crippen LogP contribution is 2.16. The summed E-state index contributed by atoms with van der Waals surface area (Å²) in [4.78, 5) is 21.3. The zero-order valence-electron chi connectivity index (χ0n) is 8.55. The van der Waals surface area contributed by atoms with Crippen LogP contribution in [0.15, 0.2) is 4.79 Å². The lowest BCUT2D eigenvalue weighted by atomic mass is 10.1. The Labute approximate surface area is 87.5 Å². The Bertz CT molecular complexity index is 436. The molecule has 2 aliphatic rings. The first-order valence-electron chi connectivity index (χ1n) is 5.42. The fraction of sp³-hybridized carbons (Fsp3) is 0.600. The van der Waals surface area contributed by atoms with Crippen LogP contribution in [-0.4, -0.2) is 29.6 Å². The number of rotatable bonds is 1. The first kappa shape index (κ1) is 8.91. The van der Waals surface area contributed by atoms with Crippen molar-refractivity contribution in [2.75, 3.05) is 24.5 Å². The van der Waals surface area contributed by atoms with Gasteiger partial charge in [0.25, 0.3) is 5.56 Å². The van der Waals surface area contributed by atoms with Crippen molar-refractivity contribution in [3.05, 3.63) is 21.6 Å². The van der Waals surface area contributed by atoms with Crippen molar-refractivity contribution in [1.29, 1.82) is 0 Å². The summed E-state index contributed by atoms with van der Waals surface area (Å²) in [6.45, 7) is 3.62. The van der Waals surface area contributed by atoms with Crippen molar-refractivity contribution in [3.63, 3.8) is 0 Å². The van der Waals surface area contributed by atoms with Crippen LogP contribution in [0.4, 0.5) is 5.95 Å². The number of H-pyrrole nitrogens is 1. The number of nitrogens with one attached hydrogen (secondary N) is 2. The van der Waals surface area contributed by atoms with Gasteiger partial charge in [-0.3, -0.25) is 9.78 Å². The highest BCUT2D eigenvalue weighted by atomic mass is 16.1. The van der Waals surface area contributed by atoms with E-state index in [1.165, 1.54) is 6.42 Å². The second-order valence-electron chi connectivity index (χ2n) is 4.08. The monoisotopic (exact) mass is 206 g/mol. The maximum Gasteiger partial charge on any atom is 0.255 e. The van der Waals surface area contributed by atoms with Crippen molar-refractivity contribution in [1.82, 2.24) is 15.3 Å². The Morgan fingerprint density at radius 3 is 2.93 bits per heavy atom. The lowest BCUT2D eigenvalue weighted by Crippen LogP contribution is -2.41. The molecule has 15 heavy (non-hydrogen) atoms. The fourth-order valence-corrected chi connectivity index (χ4v) is 2.03. The summed E-state index contributed by atoms with van der Waals surface area (Å²) in [6, 6.07) is 0. The molecule has 0 spiro atoms. The number of fused-ring (bicyclic) bond motifs is 1. The van der Waals surface area contributed by atoms with Crippen molar-refractivity contribution >= 4 is 5.95 Å². The maximum atomic E-state index is 11.8. The molecule has 2 aliphatic heterocycles. The van der Waals surface area contributed by atoms with Gasteiger partial charge in [0.15, 0.2) is 0 Å². The maximum absolute atomic E-state index is 11.8. The summed E-state index contributed by atoms with van der Waals surface area (Å²) >= 11 is 0. The van der Waals surface area contributed by atoms with E-state index in [0.29, 0.717) is 0 Å². The molecule has 1 aromatic heterocycles. The van der Waals surface area contributed by atoms with Crippen LogP contribution in [-0.2, 0) is 13.0 Å². The third-order valence-corrected chi connectivity index (χ3v) is 3.09. The molecule has 0 amide bonds. The van der Waals surface area contributed by atoms with E-state index in [1.54, 1.807) is 0 Å². The minimum absolute atomic E-state index is 0.0448. The molecule has 0 radical (unpaired) electrons. The van der Waals surface area contributed by atoms with Crippen LogP contribution in [0.5, 0.6) is 0 Å². The molecule has 1 fully saturated rings. The second kappa shape index (κ2) is 3.34. The van der Waals surface area contributed by atoms with Gasteiger partial charge < -0.3 is 10.2 Å². The third-order valence-electron chi connectivity index (χ3n) is 3.09. The van der Waals surface area contributed by atoms with E-state index < -0.39 is 0 Å². The number of nitrogens with zero attached hydrogens (tertiary/aromatic N) is 2. The van der Waals surface area contributed by atoms with Crippen LogP contribution in [0.2, 0.25) is 0 Å². The Morgan fingerprint density at radius 2 is 2.20 bits per heavy atom. The van der Waals surface area contributed by atoms with E-state index in [9.17, 15) is 4.79 Å². The molecule has 0 unspecified atom stereocenters. The van der Waals surface area contributed by atoms with Crippen molar-refractivity contribution < 1.29 is 0 Å². The largest absolute Gasteiger partial charge is 0.342 e. The smallest absolute Gasteiger partial charge is 0.255 e. The van der Waals surface area contributed by atoms with Crippen LogP contribution in [0.1, 0.15) is 17.7 Å². The summed E-state index contributed by atoms with van der Waals surface area (Å²) in [5.74, 6) is 0.744. The number of hydrogen-bond donors (Lipinski definition) is 2. The Morgan fingerprint density at radius 1 is 1.33 bits per heavy atom. The van der Waals surface area contributed by atoms with E-state index in [4.69, 9.17) is 0 Å². The molecule has 3 heterocycles. The quantitative estimate of drug-likeness (QED) is 0.658. The highest BCUT2D eigenvalue weighted by Gasteiger charge is 2.20. The van der Waals surface area contributed by atoms with E-state index in [0.717, 1.165) is 49.8 Å². The van der Waals surface area contributed by atoms with Gasteiger partial charge in [-0.1, -0.05) is 0 Å². The SMILES string of the molecule is O=c1[nH]c(N2CCC2)nc2c1CCNC2. The topological polar surface area (TPSA) is 61.0 Å². The molecule has 0 aromatic carbocycles. The Kier molecular flexibility index (Phi) is 1.98. The minimum atomic E-state index is 0.0448. The normalized spacial score (nSPS) is 19.6. The first-order chi connectivity index (χ1) is 7.34. The zero-order valence-corrected chi connectivity index (χ0v) is 8.55. The van der Waals surface area contributed by atoms with E-state index >= 15 is 0 Å². The summed E-state index contributed by atoms with van der Waals surface area (Å²) in [7, 11) is 0. The molecule has 0 saturated carbocycles. The van der Waals surface area contributed by atoms with Gasteiger partial charge >= 0.3 is 0 Å². The Balaban J connectivity index is 2.04. The molecule has 0 bridgehead atoms. The van der Waals surface area contributed by atoms with Crippen LogP contribution in [0.25, 0.3) is 0 Å². The van der Waals surface area contributed by atoms with Crippen molar-refractivity contribution in [2.45, 2.75) is 19.4 Å². The van der Waals surface area contributed by atoms with Crippen molar-refractivity contribution in [3.8, 4) is 0 Å². The van der Waals surface area contributed by atoms with Gasteiger partial charge in [0.1, 0.15) is 0 Å². The zero-order chi connectivity index (χ0) is 10.3. The van der Waals surface area contributed by atoms with Gasteiger partial charge in [0.05, 0.1) is 5.69 Å². The molecule has 0 atom stereocenters. The summed E-state index contributed by atoms with van der Waals surface area (Å²) in [6.07, 6.45) is 1.98. The molecule has 80 valence electrons. The Hall–Kier alpha value is -1.36. The fourth-order valence-electron chi connectivity index (χ4n) is 2.03. The first-order valence-corrected chi connectivity index (χ1v) is 5.42. The predicted molar refractivity (Wildman–Crippen MR) is 57.1 cm³/mol. The number of hydrogen-bond acceptors (Lipinski definition) is 4. The predicted octanol–water partition coefficient (Wildman–Crippen LogP) is -0.374. The van der Waals surface area contributed by atoms with Gasteiger partial charge in [0.2, 0.25) is 5.95 Å². The lowest BCUT2D eigenvalue weighted by Gasteiger charge is -2.32. The second-order valence-corrected chi connectivity index (χ2v) is 4.08. The summed E-state index contributed by atoms with van der Waals surface area (Å²) < 4.78 is 0. The van der Waals surface area contributed by atoms with Gasteiger partial charge in [0, 0.05) is 25.2 Å². The van der Waals surface area contributed by atoms with Crippen molar-refractivity contribution in [2.24, 2.45) is 0 Å². The molecule has 5 nitrogen and oxygen atoms in total. The highest BCUT2D eigenvalue weighted by molar-refractivity contribution is 5.36. The standard InChI is InChI=1S/C10H14N4O/c15-9-7-2-3-11-6-8(7)12-10(13-9)14-4-1-5-14/h11H,1-6H2,(H,12,13,15). The van der Waals surface area contributed by atoms with Crippen LogP contribution in [0, 0.1) is 0 Å². The molecular weight excluding hydrogens is 192 g/mol. The third kappa shape index (κ3) is 1.43. The van der Waals surface area contributed by atoms with E-state index in [-0.39, 0.29) is 5.56 Å². The van der Waals surface area contributed by atoms with Crippen LogP contribution in [0.3, 0.4) is 0 Å². The lowest BCUT2D eigenvalue weighted by molar-refractivity contribution is 0.580. The molecule has 2 N–H and O–H groups in total. The number of aromatic nitrogens is 2. The minimum Gasteiger partial charge on any atom is -0.342 e. The molecule has 5 heteroatoms.